The molecule has 0 radical (unpaired) electrons. The van der Waals surface area contributed by atoms with Gasteiger partial charge in [-0.15, -0.1) is 0 Å². The van der Waals surface area contributed by atoms with E-state index < -0.39 is 0 Å². The van der Waals surface area contributed by atoms with Crippen molar-refractivity contribution in [3.63, 3.8) is 0 Å². The summed E-state index contributed by atoms with van der Waals surface area (Å²) in [5, 5.41) is 4.60. The highest BCUT2D eigenvalue weighted by atomic mass is 35.5. The lowest BCUT2D eigenvalue weighted by Gasteiger charge is -2.26. The van der Waals surface area contributed by atoms with Gasteiger partial charge in [0.2, 0.25) is 0 Å². The highest BCUT2D eigenvalue weighted by Gasteiger charge is 2.20. The van der Waals surface area contributed by atoms with Crippen molar-refractivity contribution >= 4 is 22.8 Å². The highest BCUT2D eigenvalue weighted by Crippen LogP contribution is 2.16. The Kier molecular flexibility index (Phi) is 2.07. The lowest BCUT2D eigenvalue weighted by Crippen LogP contribution is -2.31. The van der Waals surface area contributed by atoms with Crippen LogP contribution in [0.5, 0.6) is 0 Å². The van der Waals surface area contributed by atoms with Gasteiger partial charge in [0.1, 0.15) is 10.7 Å². The number of hydrogen-bond donors (Lipinski definition) is 0. The van der Waals surface area contributed by atoms with Crippen molar-refractivity contribution in [2.24, 2.45) is 0 Å². The number of ether oxygens (including phenoxy) is 1. The first-order valence-corrected chi connectivity index (χ1v) is 5.16. The molecule has 5 nitrogen and oxygen atoms in total. The van der Waals surface area contributed by atoms with Crippen LogP contribution in [0.4, 0.5) is 0 Å². The normalized spacial score (nSPS) is 20.5. The summed E-state index contributed by atoms with van der Waals surface area (Å²) in [6.45, 7) is 1.56. The van der Waals surface area contributed by atoms with Crippen molar-refractivity contribution in [3.8, 4) is 0 Å². The quantitative estimate of drug-likeness (QED) is 0.771. The van der Waals surface area contributed by atoms with E-state index in [1.165, 1.54) is 6.20 Å². The van der Waals surface area contributed by atoms with Gasteiger partial charge < -0.3 is 4.74 Å². The second-order valence-corrected chi connectivity index (χ2v) is 3.90. The van der Waals surface area contributed by atoms with Gasteiger partial charge in [0.25, 0.3) is 0 Å². The van der Waals surface area contributed by atoms with Gasteiger partial charge in [-0.05, 0) is 6.42 Å². The lowest BCUT2D eigenvalue weighted by molar-refractivity contribution is -0.0603. The Bertz CT molecular complexity index is 494. The van der Waals surface area contributed by atoms with Crippen LogP contribution in [0, 0.1) is 0 Å². The smallest absolute Gasteiger partial charge is 0.178 e. The van der Waals surface area contributed by atoms with Crippen LogP contribution in [0.25, 0.3) is 11.2 Å². The molecule has 6 heteroatoms. The maximum absolute atomic E-state index is 5.79. The third-order valence-electron chi connectivity index (χ3n) is 2.49. The van der Waals surface area contributed by atoms with E-state index in [2.05, 4.69) is 15.1 Å². The van der Waals surface area contributed by atoms with Crippen molar-refractivity contribution in [2.45, 2.75) is 19.1 Å². The van der Waals surface area contributed by atoms with Crippen LogP contribution in [0.15, 0.2) is 12.4 Å². The number of fused-ring (bicyclic) bond motifs is 1. The molecule has 0 spiro atoms. The first-order chi connectivity index (χ1) is 7.33. The van der Waals surface area contributed by atoms with E-state index in [0.29, 0.717) is 5.15 Å². The minimum absolute atomic E-state index is 0.258. The van der Waals surface area contributed by atoms with Crippen LogP contribution in [0.3, 0.4) is 0 Å². The van der Waals surface area contributed by atoms with Crippen LogP contribution < -0.4 is 0 Å². The van der Waals surface area contributed by atoms with Crippen LogP contribution in [-0.2, 0) is 11.3 Å². The maximum Gasteiger partial charge on any atom is 0.178 e. The van der Waals surface area contributed by atoms with Crippen molar-refractivity contribution < 1.29 is 4.74 Å². The summed E-state index contributed by atoms with van der Waals surface area (Å²) in [6, 6.07) is 0. The summed E-state index contributed by atoms with van der Waals surface area (Å²) in [4.78, 5) is 8.33. The average Bonchev–Trinajstić information content (AvgIpc) is 2.54. The van der Waals surface area contributed by atoms with Gasteiger partial charge >= 0.3 is 0 Å². The molecule has 3 heterocycles. The molecule has 0 aliphatic carbocycles. The first-order valence-electron chi connectivity index (χ1n) is 4.78. The number of nitrogens with zero attached hydrogens (tertiary/aromatic N) is 4. The standard InChI is InChI=1S/C9H9ClN4O/c10-8-4-11-7-3-12-14(9(7)13-8)5-6-1-2-15-6/h3-4,6H,1-2,5H2/t6-/m0/s1. The van der Waals surface area contributed by atoms with Crippen molar-refractivity contribution in [1.29, 1.82) is 0 Å². The molecule has 1 fully saturated rings. The summed E-state index contributed by atoms with van der Waals surface area (Å²) in [6.07, 6.45) is 4.55. The fourth-order valence-electron chi connectivity index (χ4n) is 1.58. The minimum Gasteiger partial charge on any atom is -0.376 e. The van der Waals surface area contributed by atoms with E-state index in [1.807, 2.05) is 0 Å². The van der Waals surface area contributed by atoms with Crippen LogP contribution in [0.1, 0.15) is 6.42 Å². The fraction of sp³-hybridized carbons (Fsp3) is 0.444. The molecule has 2 aromatic rings. The Morgan fingerprint density at radius 1 is 1.53 bits per heavy atom. The molecule has 15 heavy (non-hydrogen) atoms. The monoisotopic (exact) mass is 224 g/mol. The molecule has 1 atom stereocenters. The Balaban J connectivity index is 1.98. The van der Waals surface area contributed by atoms with Gasteiger partial charge in [-0.1, -0.05) is 11.6 Å². The molecule has 0 bridgehead atoms. The van der Waals surface area contributed by atoms with Gasteiger partial charge in [-0.3, -0.25) is 0 Å². The molecule has 0 aromatic carbocycles. The predicted octanol–water partition coefficient (Wildman–Crippen LogP) is 1.27. The third-order valence-corrected chi connectivity index (χ3v) is 2.67. The molecule has 0 saturated carbocycles. The highest BCUT2D eigenvalue weighted by molar-refractivity contribution is 6.29. The molecular formula is C9H9ClN4O. The SMILES string of the molecule is Clc1cnc2cnn(C[C@@H]3CCO3)c2n1. The Morgan fingerprint density at radius 2 is 2.40 bits per heavy atom. The fourth-order valence-corrected chi connectivity index (χ4v) is 1.71. The maximum atomic E-state index is 5.79. The minimum atomic E-state index is 0.258. The zero-order valence-corrected chi connectivity index (χ0v) is 8.68. The van der Waals surface area contributed by atoms with Gasteiger partial charge in [0, 0.05) is 6.61 Å². The molecular weight excluding hydrogens is 216 g/mol. The van der Waals surface area contributed by atoms with E-state index in [9.17, 15) is 0 Å². The van der Waals surface area contributed by atoms with E-state index in [-0.39, 0.29) is 6.10 Å². The molecule has 0 unspecified atom stereocenters. The molecule has 1 aliphatic rings. The van der Waals surface area contributed by atoms with E-state index in [0.717, 1.165) is 30.7 Å². The van der Waals surface area contributed by atoms with Crippen LogP contribution in [0.2, 0.25) is 5.15 Å². The molecule has 1 saturated heterocycles. The largest absolute Gasteiger partial charge is 0.376 e. The molecule has 0 N–H and O–H groups in total. The number of hydrogen-bond acceptors (Lipinski definition) is 4. The molecule has 0 amide bonds. The summed E-state index contributed by atoms with van der Waals surface area (Å²) >= 11 is 5.79. The van der Waals surface area contributed by atoms with E-state index in [1.54, 1.807) is 10.9 Å². The van der Waals surface area contributed by atoms with Gasteiger partial charge in [0.05, 0.1) is 25.0 Å². The van der Waals surface area contributed by atoms with Crippen molar-refractivity contribution in [1.82, 2.24) is 19.7 Å². The topological polar surface area (TPSA) is 52.8 Å². The number of aromatic nitrogens is 4. The molecule has 3 rings (SSSR count). The van der Waals surface area contributed by atoms with E-state index >= 15 is 0 Å². The molecule has 2 aromatic heterocycles. The first kappa shape index (κ1) is 9.06. The van der Waals surface area contributed by atoms with Gasteiger partial charge in [0.15, 0.2) is 5.65 Å². The predicted molar refractivity (Wildman–Crippen MR) is 54.7 cm³/mol. The second-order valence-electron chi connectivity index (χ2n) is 3.51. The summed E-state index contributed by atoms with van der Waals surface area (Å²) in [5.41, 5.74) is 1.48. The Hall–Kier alpha value is -1.20. The molecule has 78 valence electrons. The second kappa shape index (κ2) is 3.43. The van der Waals surface area contributed by atoms with Crippen molar-refractivity contribution in [3.05, 3.63) is 17.5 Å². The summed E-state index contributed by atoms with van der Waals surface area (Å²) in [5.74, 6) is 0. The Labute approximate surface area is 91.0 Å². The van der Waals surface area contributed by atoms with Gasteiger partial charge in [-0.25, -0.2) is 14.6 Å². The van der Waals surface area contributed by atoms with Crippen LogP contribution in [-0.4, -0.2) is 32.5 Å². The zero-order valence-electron chi connectivity index (χ0n) is 7.93. The van der Waals surface area contributed by atoms with Crippen LogP contribution >= 0.6 is 11.6 Å². The lowest BCUT2D eigenvalue weighted by atomic mass is 10.2. The zero-order chi connectivity index (χ0) is 10.3. The molecule has 1 aliphatic heterocycles. The number of rotatable bonds is 2. The Morgan fingerprint density at radius 3 is 3.13 bits per heavy atom. The average molecular weight is 225 g/mol. The van der Waals surface area contributed by atoms with E-state index in [4.69, 9.17) is 16.3 Å². The summed E-state index contributed by atoms with van der Waals surface area (Å²) in [7, 11) is 0. The van der Waals surface area contributed by atoms with Gasteiger partial charge in [-0.2, -0.15) is 5.10 Å². The summed E-state index contributed by atoms with van der Waals surface area (Å²) < 4.78 is 7.13. The van der Waals surface area contributed by atoms with Crippen molar-refractivity contribution in [2.75, 3.05) is 6.61 Å². The number of halogens is 1. The third kappa shape index (κ3) is 1.57.